The van der Waals surface area contributed by atoms with Crippen LogP contribution in [0.25, 0.3) is 0 Å². The Morgan fingerprint density at radius 1 is 1.20 bits per heavy atom. The average molecular weight is 302 g/mol. The minimum Gasteiger partial charge on any atom is -0.461 e. The molecule has 0 aromatic rings. The van der Waals surface area contributed by atoms with Crippen molar-refractivity contribution in [3.63, 3.8) is 0 Å². The second kappa shape index (κ2) is 4.70. The van der Waals surface area contributed by atoms with E-state index in [1.165, 1.54) is 26.2 Å². The highest BCUT2D eigenvalue weighted by molar-refractivity contribution is 7.85. The molecule has 0 saturated heterocycles. The first-order chi connectivity index (χ1) is 9.26. The van der Waals surface area contributed by atoms with Crippen LogP contribution in [0.5, 0.6) is 0 Å². The van der Waals surface area contributed by atoms with Gasteiger partial charge in [0.1, 0.15) is 11.9 Å². The van der Waals surface area contributed by atoms with Gasteiger partial charge in [0.15, 0.2) is 0 Å². The molecule has 4 saturated carbocycles. The quantitative estimate of drug-likeness (QED) is 0.635. The molecule has 5 nitrogen and oxygen atoms in total. The van der Waals surface area contributed by atoms with E-state index in [2.05, 4.69) is 0 Å². The number of rotatable bonds is 4. The summed E-state index contributed by atoms with van der Waals surface area (Å²) in [7, 11) is -4.10. The smallest absolute Gasteiger partial charge is 0.312 e. The van der Waals surface area contributed by atoms with Crippen LogP contribution in [0.15, 0.2) is 0 Å². The highest BCUT2D eigenvalue weighted by Crippen LogP contribution is 2.60. The molecule has 1 unspecified atom stereocenters. The molecule has 0 amide bonds. The minimum absolute atomic E-state index is 0.243. The first kappa shape index (κ1) is 14.3. The second-order valence-corrected chi connectivity index (χ2v) is 8.66. The number of hydrogen-bond donors (Lipinski definition) is 1. The Balaban J connectivity index is 1.68. The Hall–Kier alpha value is -0.620. The Bertz CT molecular complexity index is 474. The maximum Gasteiger partial charge on any atom is 0.312 e. The van der Waals surface area contributed by atoms with Crippen LogP contribution in [-0.2, 0) is 19.6 Å². The summed E-state index contributed by atoms with van der Waals surface area (Å²) in [6, 6.07) is 0. The maximum atomic E-state index is 12.5. The van der Waals surface area contributed by atoms with E-state index in [-0.39, 0.29) is 11.4 Å². The lowest BCUT2D eigenvalue weighted by molar-refractivity contribution is -0.175. The van der Waals surface area contributed by atoms with Crippen molar-refractivity contribution in [2.24, 2.45) is 23.2 Å². The molecule has 20 heavy (non-hydrogen) atoms. The Kier molecular flexibility index (Phi) is 3.36. The van der Waals surface area contributed by atoms with E-state index in [9.17, 15) is 13.2 Å². The van der Waals surface area contributed by atoms with Crippen molar-refractivity contribution in [2.45, 2.75) is 51.6 Å². The fourth-order valence-electron chi connectivity index (χ4n) is 5.00. The number of ether oxygens (including phenoxy) is 1. The molecule has 0 spiro atoms. The summed E-state index contributed by atoms with van der Waals surface area (Å²) < 4.78 is 35.8. The molecule has 4 rings (SSSR count). The van der Waals surface area contributed by atoms with Gasteiger partial charge >= 0.3 is 5.97 Å². The van der Waals surface area contributed by atoms with Crippen LogP contribution in [0.3, 0.4) is 0 Å². The van der Waals surface area contributed by atoms with Gasteiger partial charge in [-0.05, 0) is 63.2 Å². The van der Waals surface area contributed by atoms with Crippen molar-refractivity contribution in [3.05, 3.63) is 0 Å². The zero-order chi connectivity index (χ0) is 14.5. The van der Waals surface area contributed by atoms with Gasteiger partial charge in [-0.15, -0.1) is 0 Å². The van der Waals surface area contributed by atoms with Gasteiger partial charge in [-0.2, -0.15) is 8.42 Å². The van der Waals surface area contributed by atoms with Crippen LogP contribution < -0.4 is 0 Å². The normalized spacial score (nSPS) is 40.6. The SMILES string of the molecule is CC(CS(=O)(=O)O)OC(=O)C12CC3CC(CC(C3)C1)C2. The molecule has 4 aliphatic carbocycles. The van der Waals surface area contributed by atoms with Gasteiger partial charge in [-0.25, -0.2) is 0 Å². The van der Waals surface area contributed by atoms with E-state index in [1.807, 2.05) is 0 Å². The lowest BCUT2D eigenvalue weighted by Gasteiger charge is -2.55. The van der Waals surface area contributed by atoms with Crippen molar-refractivity contribution in [2.75, 3.05) is 5.75 Å². The third-order valence-electron chi connectivity index (χ3n) is 5.22. The van der Waals surface area contributed by atoms with Crippen LogP contribution in [-0.4, -0.2) is 30.8 Å². The molecule has 0 aliphatic heterocycles. The van der Waals surface area contributed by atoms with Gasteiger partial charge in [0.25, 0.3) is 10.1 Å². The monoisotopic (exact) mass is 302 g/mol. The Labute approximate surface area is 119 Å². The predicted molar refractivity (Wildman–Crippen MR) is 72.6 cm³/mol. The lowest BCUT2D eigenvalue weighted by atomic mass is 9.49. The third-order valence-corrected chi connectivity index (χ3v) is 6.12. The molecule has 4 aliphatic rings. The first-order valence-corrected chi connectivity index (χ1v) is 9.03. The molecule has 4 bridgehead atoms. The largest absolute Gasteiger partial charge is 0.461 e. The minimum atomic E-state index is -4.10. The predicted octanol–water partition coefficient (Wildman–Crippen LogP) is 2.02. The Morgan fingerprint density at radius 2 is 1.65 bits per heavy atom. The van der Waals surface area contributed by atoms with E-state index < -0.39 is 22.0 Å². The van der Waals surface area contributed by atoms with E-state index >= 15 is 0 Å². The molecule has 0 aromatic carbocycles. The molecule has 0 aromatic heterocycles. The van der Waals surface area contributed by atoms with Crippen LogP contribution >= 0.6 is 0 Å². The molecule has 1 N–H and O–H groups in total. The van der Waals surface area contributed by atoms with Gasteiger partial charge < -0.3 is 4.74 Å². The molecule has 6 heteroatoms. The van der Waals surface area contributed by atoms with Gasteiger partial charge in [0.2, 0.25) is 0 Å². The van der Waals surface area contributed by atoms with Crippen molar-refractivity contribution in [1.29, 1.82) is 0 Å². The molecule has 1 atom stereocenters. The fourth-order valence-corrected chi connectivity index (χ4v) is 5.66. The van der Waals surface area contributed by atoms with E-state index in [1.54, 1.807) is 0 Å². The van der Waals surface area contributed by atoms with Gasteiger partial charge in [-0.3, -0.25) is 9.35 Å². The summed E-state index contributed by atoms with van der Waals surface area (Å²) in [5, 5.41) is 0. The van der Waals surface area contributed by atoms with E-state index in [0.29, 0.717) is 17.8 Å². The first-order valence-electron chi connectivity index (χ1n) is 7.42. The summed E-state index contributed by atoms with van der Waals surface area (Å²) in [4.78, 5) is 12.5. The van der Waals surface area contributed by atoms with Crippen molar-refractivity contribution < 1.29 is 22.5 Å². The third kappa shape index (κ3) is 2.72. The summed E-state index contributed by atoms with van der Waals surface area (Å²) in [6.07, 6.45) is 5.64. The topological polar surface area (TPSA) is 80.7 Å². The molecule has 114 valence electrons. The maximum absolute atomic E-state index is 12.5. The molecular formula is C14H22O5S. The van der Waals surface area contributed by atoms with Gasteiger partial charge in [0.05, 0.1) is 5.41 Å². The van der Waals surface area contributed by atoms with Crippen LogP contribution in [0, 0.1) is 23.2 Å². The van der Waals surface area contributed by atoms with Crippen LogP contribution in [0.1, 0.15) is 45.4 Å². The standard InChI is InChI=1S/C14H22O5S/c1-9(8-20(16,17)18)19-13(15)14-5-10-2-11(6-14)4-12(3-10)7-14/h9-12H,2-8H2,1H3,(H,16,17,18). The zero-order valence-electron chi connectivity index (χ0n) is 11.7. The Morgan fingerprint density at radius 3 is 2.05 bits per heavy atom. The zero-order valence-corrected chi connectivity index (χ0v) is 12.6. The molecular weight excluding hydrogens is 280 g/mol. The fraction of sp³-hybridized carbons (Fsp3) is 0.929. The summed E-state index contributed by atoms with van der Waals surface area (Å²) in [5.74, 6) is 1.17. The highest BCUT2D eigenvalue weighted by atomic mass is 32.2. The molecule has 0 heterocycles. The molecule has 4 fully saturated rings. The van der Waals surface area contributed by atoms with Gasteiger partial charge in [0, 0.05) is 0 Å². The van der Waals surface area contributed by atoms with Crippen LogP contribution in [0.2, 0.25) is 0 Å². The number of carbonyl (C=O) groups excluding carboxylic acids is 1. The van der Waals surface area contributed by atoms with Crippen LogP contribution in [0.4, 0.5) is 0 Å². The lowest BCUT2D eigenvalue weighted by Crippen LogP contribution is -2.51. The van der Waals surface area contributed by atoms with Crippen molar-refractivity contribution in [1.82, 2.24) is 0 Å². The molecule has 0 radical (unpaired) electrons. The number of hydrogen-bond acceptors (Lipinski definition) is 4. The number of carbonyl (C=O) groups is 1. The summed E-state index contributed by atoms with van der Waals surface area (Å²) in [5.41, 5.74) is -0.373. The van der Waals surface area contributed by atoms with Gasteiger partial charge in [-0.1, -0.05) is 0 Å². The summed E-state index contributed by atoms with van der Waals surface area (Å²) >= 11 is 0. The highest BCUT2D eigenvalue weighted by Gasteiger charge is 2.55. The van der Waals surface area contributed by atoms with Crippen molar-refractivity contribution >= 4 is 16.1 Å². The second-order valence-electron chi connectivity index (χ2n) is 7.16. The average Bonchev–Trinajstić information content (AvgIpc) is 2.23. The van der Waals surface area contributed by atoms with E-state index in [0.717, 1.165) is 19.3 Å². The van der Waals surface area contributed by atoms with Crippen molar-refractivity contribution in [3.8, 4) is 0 Å². The summed E-state index contributed by atoms with van der Waals surface area (Å²) in [6.45, 7) is 1.52. The van der Waals surface area contributed by atoms with E-state index in [4.69, 9.17) is 9.29 Å². The number of esters is 1.